The lowest BCUT2D eigenvalue weighted by atomic mass is 10.1. The molecule has 98 valence electrons. The van der Waals surface area contributed by atoms with Crippen molar-refractivity contribution in [2.24, 2.45) is 0 Å². The predicted molar refractivity (Wildman–Crippen MR) is 83.4 cm³/mol. The van der Waals surface area contributed by atoms with Crippen LogP contribution in [0, 0.1) is 6.92 Å². The molecule has 0 aliphatic carbocycles. The number of fused-ring (bicyclic) bond motifs is 1. The standard InChI is InChI=1S/C16H17NOS/c1-12-14-6-4-5-7-16(14)19-15(12)9-8-13(18)10-11-17(2)3/h4-11H,1-3H3/b9-8-,11-10+. The van der Waals surface area contributed by atoms with Gasteiger partial charge in [0.15, 0.2) is 5.78 Å². The lowest BCUT2D eigenvalue weighted by Crippen LogP contribution is -2.01. The smallest absolute Gasteiger partial charge is 0.180 e. The summed E-state index contributed by atoms with van der Waals surface area (Å²) in [6.45, 7) is 2.10. The van der Waals surface area contributed by atoms with E-state index >= 15 is 0 Å². The highest BCUT2D eigenvalue weighted by Gasteiger charge is 2.04. The van der Waals surface area contributed by atoms with E-state index in [1.54, 1.807) is 29.7 Å². The van der Waals surface area contributed by atoms with Crippen LogP contribution < -0.4 is 0 Å². The van der Waals surface area contributed by atoms with Gasteiger partial charge in [0.05, 0.1) is 0 Å². The fraction of sp³-hybridized carbons (Fsp3) is 0.188. The van der Waals surface area contributed by atoms with Crippen molar-refractivity contribution in [2.75, 3.05) is 14.1 Å². The minimum atomic E-state index is 0.00514. The first-order valence-electron chi connectivity index (χ1n) is 6.13. The van der Waals surface area contributed by atoms with Crippen molar-refractivity contribution in [1.29, 1.82) is 0 Å². The summed E-state index contributed by atoms with van der Waals surface area (Å²) in [5.74, 6) is 0.00514. The van der Waals surface area contributed by atoms with Gasteiger partial charge in [-0.1, -0.05) is 18.2 Å². The topological polar surface area (TPSA) is 20.3 Å². The second kappa shape index (κ2) is 5.85. The van der Waals surface area contributed by atoms with Gasteiger partial charge in [-0.25, -0.2) is 0 Å². The molecule has 2 aromatic rings. The van der Waals surface area contributed by atoms with Gasteiger partial charge in [-0.2, -0.15) is 0 Å². The van der Waals surface area contributed by atoms with Crippen molar-refractivity contribution >= 4 is 33.3 Å². The van der Waals surface area contributed by atoms with Crippen LogP contribution in [0.1, 0.15) is 10.4 Å². The van der Waals surface area contributed by atoms with E-state index in [0.717, 1.165) is 4.88 Å². The van der Waals surface area contributed by atoms with Gasteiger partial charge in [0, 0.05) is 35.9 Å². The minimum Gasteiger partial charge on any atom is -0.383 e. The summed E-state index contributed by atoms with van der Waals surface area (Å²) in [6, 6.07) is 8.31. The Morgan fingerprint density at radius 2 is 1.95 bits per heavy atom. The Morgan fingerprint density at radius 1 is 1.21 bits per heavy atom. The molecule has 19 heavy (non-hydrogen) atoms. The first-order chi connectivity index (χ1) is 9.08. The van der Waals surface area contributed by atoms with Crippen LogP contribution in [0.2, 0.25) is 0 Å². The second-order valence-electron chi connectivity index (χ2n) is 4.60. The summed E-state index contributed by atoms with van der Waals surface area (Å²) in [6.07, 6.45) is 6.85. The van der Waals surface area contributed by atoms with Crippen molar-refractivity contribution in [2.45, 2.75) is 6.92 Å². The Kier molecular flexibility index (Phi) is 4.17. The highest BCUT2D eigenvalue weighted by molar-refractivity contribution is 7.20. The first-order valence-corrected chi connectivity index (χ1v) is 6.94. The van der Waals surface area contributed by atoms with Gasteiger partial charge < -0.3 is 4.90 Å². The molecule has 0 atom stereocenters. The lowest BCUT2D eigenvalue weighted by Gasteiger charge is -2.01. The molecule has 2 rings (SSSR count). The molecule has 1 aromatic heterocycles. The minimum absolute atomic E-state index is 0.00514. The van der Waals surface area contributed by atoms with Crippen LogP contribution in [0.4, 0.5) is 0 Å². The molecule has 2 nitrogen and oxygen atoms in total. The number of rotatable bonds is 4. The van der Waals surface area contributed by atoms with Crippen LogP contribution in [0.5, 0.6) is 0 Å². The van der Waals surface area contributed by atoms with Crippen molar-refractivity contribution in [1.82, 2.24) is 4.90 Å². The van der Waals surface area contributed by atoms with Crippen molar-refractivity contribution in [3.8, 4) is 0 Å². The Bertz CT molecular complexity index is 650. The van der Waals surface area contributed by atoms with Crippen LogP contribution in [-0.2, 0) is 4.79 Å². The Morgan fingerprint density at radius 3 is 2.63 bits per heavy atom. The Balaban J connectivity index is 2.22. The summed E-state index contributed by atoms with van der Waals surface area (Å²) in [5, 5.41) is 1.27. The zero-order chi connectivity index (χ0) is 13.8. The summed E-state index contributed by atoms with van der Waals surface area (Å²) >= 11 is 1.72. The van der Waals surface area contributed by atoms with Crippen LogP contribution in [0.15, 0.2) is 42.6 Å². The number of thiophene rings is 1. The number of aryl methyl sites for hydroxylation is 1. The average molecular weight is 271 g/mol. The number of benzene rings is 1. The average Bonchev–Trinajstić information content (AvgIpc) is 2.71. The monoisotopic (exact) mass is 271 g/mol. The van der Waals surface area contributed by atoms with Crippen LogP contribution >= 0.6 is 11.3 Å². The molecular weight excluding hydrogens is 254 g/mol. The summed E-state index contributed by atoms with van der Waals surface area (Å²) in [7, 11) is 3.78. The Labute approximate surface area is 117 Å². The van der Waals surface area contributed by atoms with E-state index in [-0.39, 0.29) is 5.78 Å². The third-order valence-corrected chi connectivity index (χ3v) is 4.05. The predicted octanol–water partition coefficient (Wildman–Crippen LogP) is 3.87. The fourth-order valence-electron chi connectivity index (χ4n) is 1.79. The van der Waals surface area contributed by atoms with Gasteiger partial charge in [0.1, 0.15) is 0 Å². The summed E-state index contributed by atoms with van der Waals surface area (Å²) < 4.78 is 1.26. The molecule has 0 unspecified atom stereocenters. The van der Waals surface area contributed by atoms with E-state index in [9.17, 15) is 4.79 Å². The van der Waals surface area contributed by atoms with Gasteiger partial charge in [0.25, 0.3) is 0 Å². The second-order valence-corrected chi connectivity index (χ2v) is 5.69. The Hall–Kier alpha value is -1.87. The van der Waals surface area contributed by atoms with Crippen LogP contribution in [0.3, 0.4) is 0 Å². The third-order valence-electron chi connectivity index (χ3n) is 2.82. The van der Waals surface area contributed by atoms with Gasteiger partial charge in [0.2, 0.25) is 0 Å². The molecule has 0 amide bonds. The first kappa shape index (κ1) is 13.6. The van der Waals surface area contributed by atoms with E-state index in [0.29, 0.717) is 0 Å². The van der Waals surface area contributed by atoms with E-state index in [2.05, 4.69) is 19.1 Å². The van der Waals surface area contributed by atoms with E-state index < -0.39 is 0 Å². The molecule has 0 saturated carbocycles. The van der Waals surface area contributed by atoms with E-state index in [1.807, 2.05) is 37.2 Å². The quantitative estimate of drug-likeness (QED) is 0.787. The summed E-state index contributed by atoms with van der Waals surface area (Å²) in [5.41, 5.74) is 1.24. The van der Waals surface area contributed by atoms with Crippen LogP contribution in [0.25, 0.3) is 16.2 Å². The highest BCUT2D eigenvalue weighted by atomic mass is 32.1. The molecule has 0 fully saturated rings. The van der Waals surface area contributed by atoms with Crippen molar-refractivity contribution in [3.63, 3.8) is 0 Å². The van der Waals surface area contributed by atoms with Gasteiger partial charge in [-0.3, -0.25) is 4.79 Å². The number of hydrogen-bond acceptors (Lipinski definition) is 3. The van der Waals surface area contributed by atoms with Gasteiger partial charge in [-0.05, 0) is 36.1 Å². The summed E-state index contributed by atoms with van der Waals surface area (Å²) in [4.78, 5) is 14.6. The SMILES string of the molecule is Cc1c(/C=C\C(=O)/C=C/N(C)C)sc2ccccc12. The molecule has 0 saturated heterocycles. The molecule has 0 aliphatic heterocycles. The van der Waals surface area contributed by atoms with Gasteiger partial charge in [-0.15, -0.1) is 11.3 Å². The van der Waals surface area contributed by atoms with Crippen molar-refractivity contribution < 1.29 is 4.79 Å². The zero-order valence-electron chi connectivity index (χ0n) is 11.4. The lowest BCUT2D eigenvalue weighted by molar-refractivity contribution is -0.110. The van der Waals surface area contributed by atoms with Crippen LogP contribution in [-0.4, -0.2) is 24.8 Å². The largest absolute Gasteiger partial charge is 0.383 e. The van der Waals surface area contributed by atoms with E-state index in [4.69, 9.17) is 0 Å². The fourth-order valence-corrected chi connectivity index (χ4v) is 2.90. The van der Waals surface area contributed by atoms with E-state index in [1.165, 1.54) is 15.6 Å². The number of carbonyl (C=O) groups excluding carboxylic acids is 1. The molecular formula is C16H17NOS. The molecule has 0 bridgehead atoms. The van der Waals surface area contributed by atoms with Crippen molar-refractivity contribution in [3.05, 3.63) is 53.1 Å². The molecule has 0 aliphatic rings. The maximum atomic E-state index is 11.7. The number of nitrogens with zero attached hydrogens (tertiary/aromatic N) is 1. The molecule has 3 heteroatoms. The normalized spacial score (nSPS) is 11.7. The third kappa shape index (κ3) is 3.32. The molecule has 0 spiro atoms. The number of carbonyl (C=O) groups is 1. The van der Waals surface area contributed by atoms with Gasteiger partial charge >= 0.3 is 0 Å². The highest BCUT2D eigenvalue weighted by Crippen LogP contribution is 2.31. The number of ketones is 1. The number of hydrogen-bond donors (Lipinski definition) is 0. The maximum absolute atomic E-state index is 11.7. The molecule has 0 N–H and O–H groups in total. The molecule has 0 radical (unpaired) electrons. The maximum Gasteiger partial charge on any atom is 0.180 e. The zero-order valence-corrected chi connectivity index (χ0v) is 12.2. The molecule has 1 aromatic carbocycles. The molecule has 1 heterocycles. The number of allylic oxidation sites excluding steroid dienone is 2.